The summed E-state index contributed by atoms with van der Waals surface area (Å²) in [6.07, 6.45) is 4.16. The molecule has 3 heteroatoms. The maximum absolute atomic E-state index is 10.8. The molecule has 0 spiro atoms. The largest absolute Gasteiger partial charge is 0.493 e. The molecule has 0 aromatic heterocycles. The molecule has 0 amide bonds. The van der Waals surface area contributed by atoms with Gasteiger partial charge in [-0.3, -0.25) is 9.59 Å². The van der Waals surface area contributed by atoms with Gasteiger partial charge in [-0.1, -0.05) is 6.08 Å². The van der Waals surface area contributed by atoms with E-state index in [1.165, 1.54) is 25.3 Å². The summed E-state index contributed by atoms with van der Waals surface area (Å²) >= 11 is 0. The molecule has 1 rings (SSSR count). The molecule has 0 aromatic carbocycles. The van der Waals surface area contributed by atoms with Crippen LogP contribution in [0.25, 0.3) is 0 Å². The van der Waals surface area contributed by atoms with Gasteiger partial charge in [-0.25, -0.2) is 0 Å². The Hall–Kier alpha value is -1.38. The van der Waals surface area contributed by atoms with E-state index in [4.69, 9.17) is 0 Å². The molecule has 1 aliphatic rings. The molecule has 1 aliphatic carbocycles. The second-order valence-corrected chi connectivity index (χ2v) is 1.79. The van der Waals surface area contributed by atoms with Crippen molar-refractivity contribution in [2.45, 2.75) is 0 Å². The van der Waals surface area contributed by atoms with Crippen LogP contribution in [0, 0.1) is 0 Å². The van der Waals surface area contributed by atoms with Crippen LogP contribution in [0.4, 0.5) is 0 Å². The van der Waals surface area contributed by atoms with Crippen LogP contribution in [0.5, 0.6) is 0 Å². The van der Waals surface area contributed by atoms with Gasteiger partial charge in [0.25, 0.3) is 5.78 Å². The molecular weight excluding hydrogens is 132 g/mol. The Morgan fingerprint density at radius 3 is 2.60 bits per heavy atom. The van der Waals surface area contributed by atoms with Gasteiger partial charge in [0.1, 0.15) is 0 Å². The summed E-state index contributed by atoms with van der Waals surface area (Å²) in [4.78, 5) is 21.4. The molecule has 0 aromatic rings. The van der Waals surface area contributed by atoms with Crippen molar-refractivity contribution in [3.05, 3.63) is 24.0 Å². The van der Waals surface area contributed by atoms with Gasteiger partial charge >= 0.3 is 0 Å². The molecule has 0 saturated carbocycles. The Morgan fingerprint density at radius 2 is 2.10 bits per heavy atom. The van der Waals surface area contributed by atoms with Gasteiger partial charge in [-0.15, -0.1) is 0 Å². The van der Waals surface area contributed by atoms with E-state index in [0.717, 1.165) is 0 Å². The van der Waals surface area contributed by atoms with E-state index in [1.807, 2.05) is 0 Å². The van der Waals surface area contributed by atoms with Gasteiger partial charge in [0.15, 0.2) is 5.76 Å². The highest BCUT2D eigenvalue weighted by Gasteiger charge is 2.18. The summed E-state index contributed by atoms with van der Waals surface area (Å²) in [6.45, 7) is 0. The number of methoxy groups -OCH3 is 1. The van der Waals surface area contributed by atoms with Crippen LogP contribution in [0.2, 0.25) is 0 Å². The molecule has 10 heavy (non-hydrogen) atoms. The number of carbonyl (C=O) groups excluding carboxylic acids is 2. The van der Waals surface area contributed by atoms with E-state index in [-0.39, 0.29) is 5.76 Å². The highest BCUT2D eigenvalue weighted by Crippen LogP contribution is 2.04. The third-order valence-corrected chi connectivity index (χ3v) is 1.16. The Morgan fingerprint density at radius 1 is 1.40 bits per heavy atom. The van der Waals surface area contributed by atoms with Gasteiger partial charge in [-0.2, -0.15) is 0 Å². The second kappa shape index (κ2) is 2.47. The highest BCUT2D eigenvalue weighted by atomic mass is 16.5. The van der Waals surface area contributed by atoms with Crippen LogP contribution in [-0.2, 0) is 14.3 Å². The van der Waals surface area contributed by atoms with E-state index >= 15 is 0 Å². The van der Waals surface area contributed by atoms with E-state index in [0.29, 0.717) is 0 Å². The Bertz CT molecular complexity index is 235. The van der Waals surface area contributed by atoms with Gasteiger partial charge in [-0.05, 0) is 12.2 Å². The van der Waals surface area contributed by atoms with Crippen LogP contribution in [0.3, 0.4) is 0 Å². The molecule has 0 fully saturated rings. The summed E-state index contributed by atoms with van der Waals surface area (Å²) in [5.41, 5.74) is 0. The summed E-state index contributed by atoms with van der Waals surface area (Å²) in [6, 6.07) is 0. The zero-order valence-corrected chi connectivity index (χ0v) is 5.46. The normalized spacial score (nSPS) is 17.1. The second-order valence-electron chi connectivity index (χ2n) is 1.79. The van der Waals surface area contributed by atoms with Crippen molar-refractivity contribution >= 4 is 11.6 Å². The minimum atomic E-state index is -0.579. The highest BCUT2D eigenvalue weighted by molar-refractivity contribution is 6.47. The number of carbonyl (C=O) groups is 2. The van der Waals surface area contributed by atoms with Crippen LogP contribution < -0.4 is 0 Å². The molecule has 0 unspecified atom stereocenters. The Labute approximate surface area is 58.0 Å². The number of hydrogen-bond acceptors (Lipinski definition) is 3. The van der Waals surface area contributed by atoms with E-state index in [9.17, 15) is 9.59 Å². The lowest BCUT2D eigenvalue weighted by atomic mass is 10.1. The Kier molecular flexibility index (Phi) is 1.67. The van der Waals surface area contributed by atoms with Gasteiger partial charge in [0, 0.05) is 0 Å². The molecule has 0 radical (unpaired) electrons. The fourth-order valence-corrected chi connectivity index (χ4v) is 0.656. The Balaban J connectivity index is 2.92. The van der Waals surface area contributed by atoms with Crippen molar-refractivity contribution in [3.63, 3.8) is 0 Å². The van der Waals surface area contributed by atoms with Crippen LogP contribution in [0.15, 0.2) is 24.0 Å². The number of ketones is 2. The van der Waals surface area contributed by atoms with E-state index in [1.54, 1.807) is 0 Å². The lowest BCUT2D eigenvalue weighted by molar-refractivity contribution is -0.133. The maximum Gasteiger partial charge on any atom is 0.267 e. The minimum Gasteiger partial charge on any atom is -0.493 e. The predicted molar refractivity (Wildman–Crippen MR) is 34.2 cm³/mol. The van der Waals surface area contributed by atoms with E-state index in [2.05, 4.69) is 4.74 Å². The van der Waals surface area contributed by atoms with Gasteiger partial charge in [0.05, 0.1) is 7.11 Å². The average molecular weight is 138 g/mol. The SMILES string of the molecule is COC1=CC=CC(=O)C1=O. The van der Waals surface area contributed by atoms with Crippen LogP contribution in [0.1, 0.15) is 0 Å². The third kappa shape index (κ3) is 0.978. The monoisotopic (exact) mass is 138 g/mol. The zero-order chi connectivity index (χ0) is 7.56. The summed E-state index contributed by atoms with van der Waals surface area (Å²) in [5, 5.41) is 0. The molecule has 0 atom stereocenters. The van der Waals surface area contributed by atoms with Gasteiger partial charge in [0.2, 0.25) is 5.78 Å². The predicted octanol–water partition coefficient (Wildman–Crippen LogP) is 0.225. The first-order valence-corrected chi connectivity index (χ1v) is 2.76. The maximum atomic E-state index is 10.8. The number of Topliss-reactive ketones (excluding diaryl/α,β-unsaturated/α-hetero) is 1. The number of ether oxygens (including phenoxy) is 1. The fraction of sp³-hybridized carbons (Fsp3) is 0.143. The van der Waals surface area contributed by atoms with Crippen molar-refractivity contribution in [2.75, 3.05) is 7.11 Å². The molecule has 0 aliphatic heterocycles. The number of rotatable bonds is 1. The standard InChI is InChI=1S/C7H6O3/c1-10-6-4-2-3-5(8)7(6)9/h2-4H,1H3. The lowest BCUT2D eigenvalue weighted by Gasteiger charge is -2.03. The zero-order valence-electron chi connectivity index (χ0n) is 5.46. The number of hydrogen-bond donors (Lipinski definition) is 0. The lowest BCUT2D eigenvalue weighted by Crippen LogP contribution is -2.17. The van der Waals surface area contributed by atoms with Crippen LogP contribution >= 0.6 is 0 Å². The molecule has 52 valence electrons. The van der Waals surface area contributed by atoms with Crippen LogP contribution in [-0.4, -0.2) is 18.7 Å². The van der Waals surface area contributed by atoms with Gasteiger partial charge < -0.3 is 4.74 Å². The molecule has 0 N–H and O–H groups in total. The van der Waals surface area contributed by atoms with Crippen molar-refractivity contribution in [1.82, 2.24) is 0 Å². The smallest absolute Gasteiger partial charge is 0.267 e. The fourth-order valence-electron chi connectivity index (χ4n) is 0.656. The van der Waals surface area contributed by atoms with Crippen molar-refractivity contribution < 1.29 is 14.3 Å². The molecule has 3 nitrogen and oxygen atoms in total. The summed E-state index contributed by atoms with van der Waals surface area (Å²) in [7, 11) is 1.36. The first kappa shape index (κ1) is 6.74. The molecule has 0 heterocycles. The van der Waals surface area contributed by atoms with E-state index < -0.39 is 11.6 Å². The van der Waals surface area contributed by atoms with Crippen molar-refractivity contribution in [1.29, 1.82) is 0 Å². The minimum absolute atomic E-state index is 0.104. The molecule has 0 saturated heterocycles. The average Bonchev–Trinajstić information content (AvgIpc) is 1.95. The first-order chi connectivity index (χ1) is 4.75. The summed E-state index contributed by atoms with van der Waals surface area (Å²) in [5.74, 6) is -1.00. The summed E-state index contributed by atoms with van der Waals surface area (Å²) < 4.78 is 4.61. The number of allylic oxidation sites excluding steroid dienone is 4. The first-order valence-electron chi connectivity index (χ1n) is 2.76. The van der Waals surface area contributed by atoms with Crippen molar-refractivity contribution in [2.24, 2.45) is 0 Å². The third-order valence-electron chi connectivity index (χ3n) is 1.16. The molecule has 0 bridgehead atoms. The van der Waals surface area contributed by atoms with Crippen molar-refractivity contribution in [3.8, 4) is 0 Å². The topological polar surface area (TPSA) is 43.4 Å². The molecular formula is C7H6O3. The quantitative estimate of drug-likeness (QED) is 0.384.